The van der Waals surface area contributed by atoms with Crippen molar-refractivity contribution >= 4 is 33.7 Å². The molecular weight excluding hydrogens is 491 g/mol. The molecule has 0 radical (unpaired) electrons. The number of ether oxygens (including phenoxy) is 2. The van der Waals surface area contributed by atoms with Crippen LogP contribution in [-0.2, 0) is 16.2 Å². The summed E-state index contributed by atoms with van der Waals surface area (Å²) < 4.78 is 25.6. The van der Waals surface area contributed by atoms with Gasteiger partial charge < -0.3 is 19.6 Å². The summed E-state index contributed by atoms with van der Waals surface area (Å²) in [7, 11) is 0. The van der Waals surface area contributed by atoms with Crippen molar-refractivity contribution in [3.8, 4) is 11.5 Å². The van der Waals surface area contributed by atoms with Crippen molar-refractivity contribution in [2.45, 2.75) is 20.5 Å². The van der Waals surface area contributed by atoms with Gasteiger partial charge in [0.1, 0.15) is 12.4 Å². The largest absolute Gasteiger partial charge is 0.490 e. The molecule has 0 saturated carbocycles. The molecule has 0 aliphatic rings. The zero-order chi connectivity index (χ0) is 23.6. The Hall–Kier alpha value is -3.39. The number of nitrogens with one attached hydrogen (secondary N) is 1. The van der Waals surface area contributed by atoms with Crippen LogP contribution in [0.1, 0.15) is 23.6 Å². The highest BCUT2D eigenvalue weighted by Gasteiger charge is 2.12. The van der Waals surface area contributed by atoms with Crippen LogP contribution >= 0.6 is 15.9 Å². The molecular formula is C25H24BrFN2O4. The summed E-state index contributed by atoms with van der Waals surface area (Å²) in [4.78, 5) is 17.1. The highest BCUT2D eigenvalue weighted by molar-refractivity contribution is 9.10. The lowest BCUT2D eigenvalue weighted by atomic mass is 10.2. The number of hydrogen-bond donors (Lipinski definition) is 1. The number of nitrogens with zero attached hydrogens (tertiary/aromatic N) is 1. The molecule has 8 heteroatoms. The van der Waals surface area contributed by atoms with Crippen LogP contribution in [0.4, 0.5) is 10.1 Å². The molecule has 1 amide bonds. The van der Waals surface area contributed by atoms with Gasteiger partial charge in [-0.3, -0.25) is 4.79 Å². The number of hydrogen-bond acceptors (Lipinski definition) is 5. The van der Waals surface area contributed by atoms with Crippen LogP contribution in [0.25, 0.3) is 0 Å². The van der Waals surface area contributed by atoms with E-state index >= 15 is 0 Å². The van der Waals surface area contributed by atoms with Crippen molar-refractivity contribution in [2.24, 2.45) is 5.16 Å². The fraction of sp³-hybridized carbons (Fsp3) is 0.200. The van der Waals surface area contributed by atoms with E-state index in [-0.39, 0.29) is 24.9 Å². The van der Waals surface area contributed by atoms with Gasteiger partial charge in [-0.2, -0.15) is 0 Å². The first-order valence-electron chi connectivity index (χ1n) is 10.3. The summed E-state index contributed by atoms with van der Waals surface area (Å²) in [5.41, 5.74) is 3.18. The fourth-order valence-corrected chi connectivity index (χ4v) is 3.45. The SMILES string of the molecule is CCOc1cc(/C=N/OCC(=O)Nc2ccc(C)cc2)cc(Br)c1OCc1cccc(F)c1. The molecule has 0 heterocycles. The normalized spacial score (nSPS) is 10.8. The van der Waals surface area contributed by atoms with E-state index in [2.05, 4.69) is 26.4 Å². The van der Waals surface area contributed by atoms with E-state index in [4.69, 9.17) is 14.3 Å². The maximum Gasteiger partial charge on any atom is 0.265 e. The molecule has 0 unspecified atom stereocenters. The highest BCUT2D eigenvalue weighted by Crippen LogP contribution is 2.37. The fourth-order valence-electron chi connectivity index (χ4n) is 2.88. The maximum atomic E-state index is 13.4. The van der Waals surface area contributed by atoms with Crippen LogP contribution < -0.4 is 14.8 Å². The third-order valence-corrected chi connectivity index (χ3v) is 5.00. The molecule has 0 aliphatic carbocycles. The van der Waals surface area contributed by atoms with E-state index in [0.29, 0.717) is 39.4 Å². The maximum absolute atomic E-state index is 13.4. The molecule has 0 atom stereocenters. The number of oxime groups is 1. The van der Waals surface area contributed by atoms with Crippen molar-refractivity contribution in [1.29, 1.82) is 0 Å². The van der Waals surface area contributed by atoms with Gasteiger partial charge in [0.05, 0.1) is 17.3 Å². The second-order valence-corrected chi connectivity index (χ2v) is 7.96. The molecule has 0 bridgehead atoms. The van der Waals surface area contributed by atoms with Crippen molar-refractivity contribution < 1.29 is 23.5 Å². The van der Waals surface area contributed by atoms with Crippen LogP contribution in [-0.4, -0.2) is 25.3 Å². The summed E-state index contributed by atoms with van der Waals surface area (Å²) in [6, 6.07) is 17.2. The van der Waals surface area contributed by atoms with Crippen molar-refractivity contribution in [3.63, 3.8) is 0 Å². The minimum absolute atomic E-state index is 0.184. The van der Waals surface area contributed by atoms with Crippen LogP contribution in [0.5, 0.6) is 11.5 Å². The Labute approximate surface area is 200 Å². The molecule has 172 valence electrons. The van der Waals surface area contributed by atoms with Crippen LogP contribution in [0.3, 0.4) is 0 Å². The van der Waals surface area contributed by atoms with Gasteiger partial charge in [0.15, 0.2) is 18.1 Å². The average Bonchev–Trinajstić information content (AvgIpc) is 2.78. The zero-order valence-corrected chi connectivity index (χ0v) is 19.9. The first-order chi connectivity index (χ1) is 15.9. The van der Waals surface area contributed by atoms with E-state index in [9.17, 15) is 9.18 Å². The summed E-state index contributed by atoms with van der Waals surface area (Å²) >= 11 is 3.48. The van der Waals surface area contributed by atoms with Gasteiger partial charge in [-0.15, -0.1) is 0 Å². The third-order valence-electron chi connectivity index (χ3n) is 4.41. The molecule has 3 aromatic carbocycles. The minimum atomic E-state index is -0.320. The van der Waals surface area contributed by atoms with Gasteiger partial charge in [0.2, 0.25) is 0 Å². The average molecular weight is 515 g/mol. The predicted molar refractivity (Wildman–Crippen MR) is 129 cm³/mol. The Morgan fingerprint density at radius 3 is 2.64 bits per heavy atom. The summed E-state index contributed by atoms with van der Waals surface area (Å²) in [5.74, 6) is 0.367. The Morgan fingerprint density at radius 1 is 1.12 bits per heavy atom. The molecule has 3 rings (SSSR count). The monoisotopic (exact) mass is 514 g/mol. The van der Waals surface area contributed by atoms with Crippen molar-refractivity contribution in [3.05, 3.63) is 87.6 Å². The van der Waals surface area contributed by atoms with Crippen molar-refractivity contribution in [1.82, 2.24) is 0 Å². The van der Waals surface area contributed by atoms with E-state index in [0.717, 1.165) is 5.56 Å². The van der Waals surface area contributed by atoms with Crippen LogP contribution in [0.2, 0.25) is 0 Å². The quantitative estimate of drug-likeness (QED) is 0.271. The number of anilines is 1. The van der Waals surface area contributed by atoms with E-state index < -0.39 is 0 Å². The summed E-state index contributed by atoms with van der Waals surface area (Å²) in [6.45, 7) is 4.23. The lowest BCUT2D eigenvalue weighted by Gasteiger charge is -2.14. The van der Waals surface area contributed by atoms with Crippen molar-refractivity contribution in [2.75, 3.05) is 18.5 Å². The van der Waals surface area contributed by atoms with Gasteiger partial charge in [0, 0.05) is 11.3 Å². The first-order valence-corrected chi connectivity index (χ1v) is 11.1. The lowest BCUT2D eigenvalue weighted by Crippen LogP contribution is -2.16. The molecule has 0 aliphatic heterocycles. The smallest absolute Gasteiger partial charge is 0.265 e. The molecule has 0 fully saturated rings. The molecule has 1 N–H and O–H groups in total. The summed E-state index contributed by atoms with van der Waals surface area (Å²) in [6.07, 6.45) is 1.47. The number of halogens is 2. The van der Waals surface area contributed by atoms with Gasteiger partial charge in [-0.25, -0.2) is 4.39 Å². The lowest BCUT2D eigenvalue weighted by molar-refractivity contribution is -0.120. The molecule has 0 saturated heterocycles. The number of aryl methyl sites for hydroxylation is 1. The second-order valence-electron chi connectivity index (χ2n) is 7.10. The Bertz CT molecular complexity index is 1120. The van der Waals surface area contributed by atoms with E-state index in [1.165, 1.54) is 18.3 Å². The number of carbonyl (C=O) groups excluding carboxylic acids is 1. The molecule has 0 aromatic heterocycles. The Morgan fingerprint density at radius 2 is 1.91 bits per heavy atom. The van der Waals surface area contributed by atoms with Crippen LogP contribution in [0.15, 0.2) is 70.3 Å². The highest BCUT2D eigenvalue weighted by atomic mass is 79.9. The predicted octanol–water partition coefficient (Wildman–Crippen LogP) is 5.86. The Balaban J connectivity index is 1.59. The molecule has 33 heavy (non-hydrogen) atoms. The number of amides is 1. The third kappa shape index (κ3) is 7.61. The van der Waals surface area contributed by atoms with E-state index in [1.54, 1.807) is 24.3 Å². The van der Waals surface area contributed by atoms with Gasteiger partial charge >= 0.3 is 0 Å². The number of carbonyl (C=O) groups is 1. The summed E-state index contributed by atoms with van der Waals surface area (Å²) in [5, 5.41) is 6.60. The topological polar surface area (TPSA) is 69.2 Å². The first kappa shape index (κ1) is 24.3. The second kappa shape index (κ2) is 12.0. The van der Waals surface area contributed by atoms with Gasteiger partial charge in [0.25, 0.3) is 5.91 Å². The molecule has 3 aromatic rings. The number of rotatable bonds is 10. The number of benzene rings is 3. The molecule has 0 spiro atoms. The van der Waals surface area contributed by atoms with Crippen LogP contribution in [0, 0.1) is 12.7 Å². The van der Waals surface area contributed by atoms with Gasteiger partial charge in [-0.05, 0) is 71.7 Å². The zero-order valence-electron chi connectivity index (χ0n) is 18.3. The van der Waals surface area contributed by atoms with Gasteiger partial charge in [-0.1, -0.05) is 35.0 Å². The van der Waals surface area contributed by atoms with E-state index in [1.807, 2.05) is 38.1 Å². The Kier molecular flexibility index (Phi) is 8.83. The standard InChI is InChI=1S/C25H24BrFN2O4/c1-3-31-23-13-19(12-22(26)25(23)32-15-18-5-4-6-20(27)11-18)14-28-33-16-24(30)29-21-9-7-17(2)8-10-21/h4-14H,3,15-16H2,1-2H3,(H,29,30)/b28-14+. The molecule has 6 nitrogen and oxygen atoms in total. The minimum Gasteiger partial charge on any atom is -0.490 e.